The maximum absolute atomic E-state index is 12.6. The van der Waals surface area contributed by atoms with Crippen LogP contribution in [-0.2, 0) is 33.3 Å². The van der Waals surface area contributed by atoms with Crippen LogP contribution in [-0.4, -0.2) is 87.4 Å². The number of aliphatic carboxylic acids is 1. The molecule has 0 rings (SSSR count). The molecule has 0 aliphatic heterocycles. The second-order valence-electron chi connectivity index (χ2n) is 14.6. The van der Waals surface area contributed by atoms with Crippen molar-refractivity contribution in [2.24, 2.45) is 0 Å². The molecule has 9 heteroatoms. The molecule has 0 aliphatic rings. The Balaban J connectivity index is 4.29. The van der Waals surface area contributed by atoms with Gasteiger partial charge in [-0.1, -0.05) is 149 Å². The number of hydrogen-bond donors (Lipinski definition) is 1. The number of carbonyl (C=O) groups is 3. The Morgan fingerprint density at radius 2 is 0.938 bits per heavy atom. The third kappa shape index (κ3) is 32.8. The first-order valence-corrected chi connectivity index (χ1v) is 19.7. The fraction of sp³-hybridized carbons (Fsp3) is 0.923. The Morgan fingerprint density at radius 3 is 1.33 bits per heavy atom. The van der Waals surface area contributed by atoms with Gasteiger partial charge in [0, 0.05) is 12.8 Å². The molecule has 1 N–H and O–H groups in total. The third-order valence-electron chi connectivity index (χ3n) is 8.61. The number of unbranched alkanes of at least 4 members (excludes halogenated alkanes) is 21. The topological polar surface area (TPSA) is 108 Å². The fourth-order valence-corrected chi connectivity index (χ4v) is 5.48. The van der Waals surface area contributed by atoms with E-state index in [-0.39, 0.29) is 32.2 Å². The van der Waals surface area contributed by atoms with Crippen molar-refractivity contribution >= 4 is 17.9 Å². The first kappa shape index (κ1) is 46.3. The molecule has 0 aliphatic carbocycles. The van der Waals surface area contributed by atoms with Crippen LogP contribution in [0, 0.1) is 0 Å². The summed E-state index contributed by atoms with van der Waals surface area (Å²) in [5, 5.41) is 9.55. The van der Waals surface area contributed by atoms with E-state index >= 15 is 0 Å². The largest absolute Gasteiger partial charge is 0.477 e. The molecule has 0 amide bonds. The Bertz CT molecular complexity index is 770. The van der Waals surface area contributed by atoms with E-state index in [2.05, 4.69) is 13.8 Å². The normalized spacial score (nSPS) is 12.9. The molecule has 0 aromatic carbocycles. The second-order valence-corrected chi connectivity index (χ2v) is 14.6. The lowest BCUT2D eigenvalue weighted by Crippen LogP contribution is -2.40. The van der Waals surface area contributed by atoms with Crippen LogP contribution in [0.5, 0.6) is 0 Å². The molecule has 0 fully saturated rings. The van der Waals surface area contributed by atoms with Gasteiger partial charge in [-0.2, -0.15) is 0 Å². The quantitative estimate of drug-likeness (QED) is 0.0301. The second kappa shape index (κ2) is 32.5. The van der Waals surface area contributed by atoms with Crippen LogP contribution in [0.2, 0.25) is 0 Å². The Hall–Kier alpha value is -1.71. The summed E-state index contributed by atoms with van der Waals surface area (Å²) in [6.07, 6.45) is 26.3. The van der Waals surface area contributed by atoms with E-state index in [0.29, 0.717) is 17.4 Å². The zero-order valence-electron chi connectivity index (χ0n) is 31.9. The molecule has 0 aromatic heterocycles. The summed E-state index contributed by atoms with van der Waals surface area (Å²) in [5.41, 5.74) is 0. The zero-order chi connectivity index (χ0) is 35.7. The van der Waals surface area contributed by atoms with E-state index in [0.717, 1.165) is 51.4 Å². The number of carboxylic acid groups (broad SMARTS) is 1. The van der Waals surface area contributed by atoms with Crippen molar-refractivity contribution in [3.8, 4) is 0 Å². The van der Waals surface area contributed by atoms with E-state index < -0.39 is 24.3 Å². The monoisotopic (exact) mass is 687 g/mol. The standard InChI is InChI=1S/C39H75NO8/c1-6-8-10-12-13-14-15-16-17-18-19-20-21-22-23-24-26-28-30-37(42)48-35(33-46-36(41)29-27-25-11-9-7-2)34-47-39(38(43)44)45-32-31-40(3,4)5/h35,39H,6-34H2,1-5H3/p+1. The number of hydrogen-bond acceptors (Lipinski definition) is 7. The Morgan fingerprint density at radius 1 is 0.542 bits per heavy atom. The number of nitrogens with zero attached hydrogens (tertiary/aromatic N) is 1. The van der Waals surface area contributed by atoms with E-state index in [1.807, 2.05) is 21.1 Å². The van der Waals surface area contributed by atoms with E-state index in [1.165, 1.54) is 96.3 Å². The lowest BCUT2D eigenvalue weighted by atomic mass is 10.0. The predicted molar refractivity (Wildman–Crippen MR) is 194 cm³/mol. The van der Waals surface area contributed by atoms with Crippen LogP contribution in [0.1, 0.15) is 174 Å². The number of quaternary nitrogens is 1. The minimum Gasteiger partial charge on any atom is -0.477 e. The average molecular weight is 687 g/mol. The van der Waals surface area contributed by atoms with E-state index in [9.17, 15) is 19.5 Å². The smallest absolute Gasteiger partial charge is 0.361 e. The summed E-state index contributed by atoms with van der Waals surface area (Å²) in [6.45, 7) is 4.79. The van der Waals surface area contributed by atoms with Crippen molar-refractivity contribution in [2.45, 2.75) is 187 Å². The van der Waals surface area contributed by atoms with Gasteiger partial charge >= 0.3 is 17.9 Å². The van der Waals surface area contributed by atoms with Crippen LogP contribution in [0.3, 0.4) is 0 Å². The highest BCUT2D eigenvalue weighted by Crippen LogP contribution is 2.15. The lowest BCUT2D eigenvalue weighted by Gasteiger charge is -2.25. The summed E-state index contributed by atoms with van der Waals surface area (Å²) in [5.74, 6) is -2.01. The maximum Gasteiger partial charge on any atom is 0.361 e. The predicted octanol–water partition coefficient (Wildman–Crippen LogP) is 9.38. The fourth-order valence-electron chi connectivity index (χ4n) is 5.48. The van der Waals surface area contributed by atoms with Crippen molar-refractivity contribution in [3.63, 3.8) is 0 Å². The molecule has 0 spiro atoms. The summed E-state index contributed by atoms with van der Waals surface area (Å²) < 4.78 is 22.5. The number of esters is 2. The van der Waals surface area contributed by atoms with Gasteiger partial charge in [-0.15, -0.1) is 0 Å². The molecule has 0 heterocycles. The van der Waals surface area contributed by atoms with Gasteiger partial charge in [0.2, 0.25) is 0 Å². The highest BCUT2D eigenvalue weighted by atomic mass is 16.7. The molecule has 0 bridgehead atoms. The number of carboxylic acids is 1. The van der Waals surface area contributed by atoms with Crippen LogP contribution >= 0.6 is 0 Å². The van der Waals surface area contributed by atoms with Crippen molar-refractivity contribution in [1.29, 1.82) is 0 Å². The Kier molecular flexibility index (Phi) is 31.3. The number of likely N-dealkylation sites (N-methyl/N-ethyl adjacent to an activating group) is 1. The van der Waals surface area contributed by atoms with E-state index in [4.69, 9.17) is 18.9 Å². The summed E-state index contributed by atoms with van der Waals surface area (Å²) >= 11 is 0. The van der Waals surface area contributed by atoms with Gasteiger partial charge in [0.1, 0.15) is 13.2 Å². The summed E-state index contributed by atoms with van der Waals surface area (Å²) in [4.78, 5) is 36.6. The first-order chi connectivity index (χ1) is 23.1. The average Bonchev–Trinajstić information content (AvgIpc) is 3.03. The highest BCUT2D eigenvalue weighted by Gasteiger charge is 2.25. The molecule has 9 nitrogen and oxygen atoms in total. The molecule has 0 saturated carbocycles. The molecule has 0 radical (unpaired) electrons. The molecule has 0 saturated heterocycles. The third-order valence-corrected chi connectivity index (χ3v) is 8.61. The highest BCUT2D eigenvalue weighted by molar-refractivity contribution is 5.71. The molecule has 2 unspecified atom stereocenters. The van der Waals surface area contributed by atoms with Gasteiger partial charge in [0.05, 0.1) is 34.4 Å². The molecule has 48 heavy (non-hydrogen) atoms. The van der Waals surface area contributed by atoms with Gasteiger partial charge in [-0.05, 0) is 12.8 Å². The van der Waals surface area contributed by atoms with Gasteiger partial charge in [-0.25, -0.2) is 4.79 Å². The molecular formula is C39H76NO8+. The van der Waals surface area contributed by atoms with Crippen molar-refractivity contribution in [3.05, 3.63) is 0 Å². The number of rotatable bonds is 36. The lowest BCUT2D eigenvalue weighted by molar-refractivity contribution is -0.870. The van der Waals surface area contributed by atoms with Gasteiger partial charge in [0.15, 0.2) is 6.10 Å². The molecule has 284 valence electrons. The summed E-state index contributed by atoms with van der Waals surface area (Å²) in [6, 6.07) is 0. The van der Waals surface area contributed by atoms with E-state index in [1.54, 1.807) is 0 Å². The van der Waals surface area contributed by atoms with Crippen molar-refractivity contribution in [2.75, 3.05) is 47.5 Å². The SMILES string of the molecule is CCCCCCCCCCCCCCCCCCCCC(=O)OC(COC(=O)CCCCCCC)COC(OCC[N+](C)(C)C)C(=O)O. The molecule has 0 aromatic rings. The Labute approximate surface area is 294 Å². The van der Waals surface area contributed by atoms with Crippen LogP contribution in [0.15, 0.2) is 0 Å². The van der Waals surface area contributed by atoms with Crippen molar-refractivity contribution in [1.82, 2.24) is 0 Å². The summed E-state index contributed by atoms with van der Waals surface area (Å²) in [7, 11) is 5.94. The van der Waals surface area contributed by atoms with Crippen molar-refractivity contribution < 1.29 is 42.9 Å². The van der Waals surface area contributed by atoms with Gasteiger partial charge in [-0.3, -0.25) is 9.59 Å². The zero-order valence-corrected chi connectivity index (χ0v) is 31.9. The van der Waals surface area contributed by atoms with Crippen LogP contribution in [0.25, 0.3) is 0 Å². The van der Waals surface area contributed by atoms with Gasteiger partial charge < -0.3 is 28.5 Å². The van der Waals surface area contributed by atoms with Crippen LogP contribution in [0.4, 0.5) is 0 Å². The molecule has 2 atom stereocenters. The minimum absolute atomic E-state index is 0.177. The number of carbonyl (C=O) groups excluding carboxylic acids is 2. The van der Waals surface area contributed by atoms with Crippen LogP contribution < -0.4 is 0 Å². The van der Waals surface area contributed by atoms with Gasteiger partial charge in [0.25, 0.3) is 6.29 Å². The first-order valence-electron chi connectivity index (χ1n) is 19.7. The minimum atomic E-state index is -1.50. The number of ether oxygens (including phenoxy) is 4. The maximum atomic E-state index is 12.6. The molecular weight excluding hydrogens is 610 g/mol.